The maximum atomic E-state index is 4.92. The number of terminal acetylenes is 2. The van der Waals surface area contributed by atoms with Crippen LogP contribution in [0.1, 0.15) is 90.3 Å². The van der Waals surface area contributed by atoms with Crippen LogP contribution in [0.3, 0.4) is 0 Å². The van der Waals surface area contributed by atoms with E-state index in [1.807, 2.05) is 0 Å². The summed E-state index contributed by atoms with van der Waals surface area (Å²) in [6.45, 7) is 14.8. The monoisotopic (exact) mass is 813 g/mol. The molecular formula is C63H43N. The Bertz CT molecular complexity index is 3010. The van der Waals surface area contributed by atoms with Crippen molar-refractivity contribution in [3.05, 3.63) is 65.2 Å². The Morgan fingerprint density at radius 2 is 0.828 bits per heavy atom. The van der Waals surface area contributed by atoms with Gasteiger partial charge >= 0.3 is 0 Å². The maximum absolute atomic E-state index is 4.92. The molecule has 0 N–H and O–H groups in total. The topological polar surface area (TPSA) is 3.24 Å². The number of anilines is 1. The van der Waals surface area contributed by atoms with Gasteiger partial charge in [0.25, 0.3) is 0 Å². The third-order valence-electron chi connectivity index (χ3n) is 9.08. The molecule has 3 atom stereocenters. The summed E-state index contributed by atoms with van der Waals surface area (Å²) in [4.78, 5) is 2.44. The molecule has 64 heavy (non-hydrogen) atoms. The molecule has 5 rings (SSSR count). The minimum atomic E-state index is 0.0578. The Hall–Kier alpha value is -9.24. The summed E-state index contributed by atoms with van der Waals surface area (Å²) < 4.78 is 0. The predicted molar refractivity (Wildman–Crippen MR) is 264 cm³/mol. The first-order valence-corrected chi connectivity index (χ1v) is 20.4. The molecule has 0 aromatic heterocycles. The van der Waals surface area contributed by atoms with Crippen LogP contribution in [0.25, 0.3) is 0 Å². The van der Waals surface area contributed by atoms with Gasteiger partial charge in [-0.25, -0.2) is 0 Å². The second-order valence-electron chi connectivity index (χ2n) is 15.9. The zero-order chi connectivity index (χ0) is 46.1. The second-order valence-corrected chi connectivity index (χ2v) is 15.9. The third-order valence-corrected chi connectivity index (χ3v) is 9.08. The first-order chi connectivity index (χ1) is 31.0. The van der Waals surface area contributed by atoms with E-state index in [1.165, 1.54) is 30.5 Å². The molecule has 0 spiro atoms. The highest BCUT2D eigenvalue weighted by atomic mass is 15.2. The summed E-state index contributed by atoms with van der Waals surface area (Å²) in [7, 11) is 0. The normalized spacial score (nSPS) is 13.9. The van der Waals surface area contributed by atoms with E-state index in [0.29, 0.717) is 5.41 Å². The Balaban J connectivity index is 0.000000273. The van der Waals surface area contributed by atoms with Crippen LogP contribution in [-0.4, -0.2) is 5.54 Å². The molecule has 2 aromatic rings. The van der Waals surface area contributed by atoms with E-state index < -0.39 is 0 Å². The predicted octanol–water partition coefficient (Wildman–Crippen LogP) is 8.36. The standard InChI is InChI=1S/C30H2.C19H19N.C14H22/c1-3-5-7-9-11-13-15-17-19-21-23-25-27-29-30-28-26-24-22-20-18-16-14-12-10-8-6-4-2;1-19(2,3)20-14-17-10-5-4-8-15(17)12-13-16-9-6-7-11-18(16)20;1-14(2,3)10-13-11-8-6-4-5-7-9-12(11)13/h1-2H;4-11H,14H2,1-3H3;11-13H,6-10H2,1-3H3/t;;11-,12+,13?. The van der Waals surface area contributed by atoms with E-state index in [9.17, 15) is 0 Å². The summed E-state index contributed by atoms with van der Waals surface area (Å²) in [5, 5.41) is 0. The van der Waals surface area contributed by atoms with Crippen molar-refractivity contribution in [2.24, 2.45) is 23.2 Å². The summed E-state index contributed by atoms with van der Waals surface area (Å²) in [6.07, 6.45) is 16.3. The molecule has 0 saturated heterocycles. The highest BCUT2D eigenvalue weighted by molar-refractivity contribution is 5.65. The number of benzene rings is 2. The summed E-state index contributed by atoms with van der Waals surface area (Å²) in [5.41, 5.74) is 5.34. The molecule has 1 heteroatoms. The molecule has 0 radical (unpaired) electrons. The maximum Gasteiger partial charge on any atom is 0.0532 e. The van der Waals surface area contributed by atoms with E-state index in [-0.39, 0.29) is 5.54 Å². The molecule has 300 valence electrons. The summed E-state index contributed by atoms with van der Waals surface area (Å²) in [6, 6.07) is 16.9. The van der Waals surface area contributed by atoms with Gasteiger partial charge in [-0.05, 0) is 182 Å². The van der Waals surface area contributed by atoms with Crippen molar-refractivity contribution in [2.75, 3.05) is 4.90 Å². The van der Waals surface area contributed by atoms with E-state index in [1.54, 1.807) is 0 Å². The molecule has 2 aliphatic carbocycles. The molecule has 0 bridgehead atoms. The van der Waals surface area contributed by atoms with Crippen LogP contribution in [-0.2, 0) is 6.54 Å². The minimum Gasteiger partial charge on any atom is -0.361 e. The molecule has 1 unspecified atom stereocenters. The van der Waals surface area contributed by atoms with Gasteiger partial charge in [-0.1, -0.05) is 62.9 Å². The quantitative estimate of drug-likeness (QED) is 0.262. The average Bonchev–Trinajstić information content (AvgIpc) is 3.88. The molecule has 2 aromatic carbocycles. The van der Waals surface area contributed by atoms with Crippen LogP contribution in [0.15, 0.2) is 48.5 Å². The Morgan fingerprint density at radius 1 is 0.484 bits per heavy atom. The van der Waals surface area contributed by atoms with Crippen molar-refractivity contribution in [1.82, 2.24) is 0 Å². The van der Waals surface area contributed by atoms with Gasteiger partial charge in [0, 0.05) is 107 Å². The largest absolute Gasteiger partial charge is 0.361 e. The number of nitrogens with zero attached hydrogens (tertiary/aromatic N) is 1. The van der Waals surface area contributed by atoms with Gasteiger partial charge in [-0.15, -0.1) is 24.7 Å². The lowest BCUT2D eigenvalue weighted by molar-refractivity contribution is 0.336. The fourth-order valence-electron chi connectivity index (χ4n) is 6.45. The number of rotatable bonds is 1. The van der Waals surface area contributed by atoms with Gasteiger partial charge in [-0.3, -0.25) is 0 Å². The van der Waals surface area contributed by atoms with Crippen LogP contribution in [0.5, 0.6) is 0 Å². The van der Waals surface area contributed by atoms with Gasteiger partial charge in [0.1, 0.15) is 0 Å². The Morgan fingerprint density at radius 3 is 1.20 bits per heavy atom. The highest BCUT2D eigenvalue weighted by Gasteiger charge is 2.49. The minimum absolute atomic E-state index is 0.0578. The fraction of sp³-hybridized carbons (Fsp3) is 0.270. The van der Waals surface area contributed by atoms with E-state index in [2.05, 4.69) is 284 Å². The molecule has 0 amide bonds. The smallest absolute Gasteiger partial charge is 0.0532 e. The highest BCUT2D eigenvalue weighted by Crippen LogP contribution is 2.56. The molecule has 1 nitrogen and oxygen atoms in total. The lowest BCUT2D eigenvalue weighted by atomic mass is 9.88. The third kappa shape index (κ3) is 20.6. The van der Waals surface area contributed by atoms with Gasteiger partial charge in [0.15, 0.2) is 0 Å². The van der Waals surface area contributed by atoms with Crippen molar-refractivity contribution < 1.29 is 0 Å². The SMILES string of the molecule is C#CC#CC#CC#CC#CC#CC#CC#CC#CC#CC#CC#CC#CC#CC#C.CC(C)(C)CC1[C@H]2CCC#CCC[C@@H]12.CC(C)(C)N1Cc2ccccc2C#Cc2ccccc21. The number of fused-ring (bicyclic) bond motifs is 3. The molecular weight excluding hydrogens is 771 g/mol. The van der Waals surface area contributed by atoms with Gasteiger partial charge in [-0.2, -0.15) is 0 Å². The van der Waals surface area contributed by atoms with Gasteiger partial charge in [0.05, 0.1) is 5.69 Å². The van der Waals surface area contributed by atoms with E-state index in [4.69, 9.17) is 12.8 Å². The first-order valence-electron chi connectivity index (χ1n) is 20.4. The van der Waals surface area contributed by atoms with Crippen molar-refractivity contribution in [1.29, 1.82) is 0 Å². The molecule has 1 saturated carbocycles. The van der Waals surface area contributed by atoms with Crippen LogP contribution >= 0.6 is 0 Å². The molecule has 3 aliphatic rings. The zero-order valence-corrected chi connectivity index (χ0v) is 37.2. The van der Waals surface area contributed by atoms with Crippen molar-refractivity contribution in [2.45, 2.75) is 85.7 Å². The lowest BCUT2D eigenvalue weighted by Crippen LogP contribution is -2.41. The van der Waals surface area contributed by atoms with Gasteiger partial charge < -0.3 is 4.90 Å². The number of para-hydroxylation sites is 1. The van der Waals surface area contributed by atoms with E-state index in [0.717, 1.165) is 48.3 Å². The summed E-state index contributed by atoms with van der Waals surface area (Å²) >= 11 is 0. The Kier molecular flexibility index (Phi) is 21.7. The van der Waals surface area contributed by atoms with Gasteiger partial charge in [0.2, 0.25) is 0 Å². The first kappa shape index (κ1) is 49.1. The number of hydrogen-bond donors (Lipinski definition) is 0. The molecule has 1 fully saturated rings. The van der Waals surface area contributed by atoms with Crippen molar-refractivity contribution in [3.8, 4) is 202 Å². The zero-order valence-electron chi connectivity index (χ0n) is 37.2. The van der Waals surface area contributed by atoms with Crippen LogP contribution in [0.4, 0.5) is 5.69 Å². The van der Waals surface area contributed by atoms with E-state index >= 15 is 0 Å². The Labute approximate surface area is 385 Å². The van der Waals surface area contributed by atoms with Crippen LogP contribution < -0.4 is 4.90 Å². The van der Waals surface area contributed by atoms with Crippen molar-refractivity contribution >= 4 is 5.69 Å². The average molecular weight is 814 g/mol. The fourth-order valence-corrected chi connectivity index (χ4v) is 6.45. The number of hydrogen-bond acceptors (Lipinski definition) is 1. The molecule has 1 aliphatic heterocycles. The second kappa shape index (κ2) is 28.3. The van der Waals surface area contributed by atoms with Crippen molar-refractivity contribution in [3.63, 3.8) is 0 Å². The lowest BCUT2D eigenvalue weighted by Gasteiger charge is -2.39. The molecule has 1 heterocycles. The van der Waals surface area contributed by atoms with Crippen LogP contribution in [0, 0.1) is 225 Å². The summed E-state index contributed by atoms with van der Waals surface area (Å²) in [5.74, 6) is 84.5. The van der Waals surface area contributed by atoms with Crippen LogP contribution in [0.2, 0.25) is 0 Å².